The Labute approximate surface area is 127 Å². The highest BCUT2D eigenvalue weighted by Gasteiger charge is 2.17. The van der Waals surface area contributed by atoms with Gasteiger partial charge in [-0.3, -0.25) is 0 Å². The van der Waals surface area contributed by atoms with Gasteiger partial charge in [-0.2, -0.15) is 0 Å². The van der Waals surface area contributed by atoms with Gasteiger partial charge in [-0.15, -0.1) is 11.3 Å². The lowest BCUT2D eigenvalue weighted by Crippen LogP contribution is -2.42. The van der Waals surface area contributed by atoms with Gasteiger partial charge in [0.1, 0.15) is 0 Å². The summed E-state index contributed by atoms with van der Waals surface area (Å²) in [4.78, 5) is 30.8. The number of nitrogens with one attached hydrogen (secondary N) is 1. The van der Waals surface area contributed by atoms with Crippen LogP contribution in [0.5, 0.6) is 0 Å². The van der Waals surface area contributed by atoms with Crippen LogP contribution in [0.1, 0.15) is 21.9 Å². The summed E-state index contributed by atoms with van der Waals surface area (Å²) in [5.74, 6) is -1.02. The monoisotopic (exact) mass is 312 g/mol. The molecule has 0 bridgehead atoms. The normalized spacial score (nSPS) is 16.5. The molecule has 2 amide bonds. The van der Waals surface area contributed by atoms with Gasteiger partial charge >= 0.3 is 12.0 Å². The molecule has 8 heteroatoms. The highest BCUT2D eigenvalue weighted by molar-refractivity contribution is 7.09. The SMILES string of the molecule is CN1CCCN(C(=O)NCCc2nc(C(=O)O)cs2)CC1. The molecule has 0 aliphatic carbocycles. The summed E-state index contributed by atoms with van der Waals surface area (Å²) < 4.78 is 0. The largest absolute Gasteiger partial charge is 0.476 e. The molecule has 2 rings (SSSR count). The number of carbonyl (C=O) groups is 2. The molecule has 2 heterocycles. The van der Waals surface area contributed by atoms with Crippen molar-refractivity contribution in [2.45, 2.75) is 12.8 Å². The van der Waals surface area contributed by atoms with Crippen molar-refractivity contribution in [1.29, 1.82) is 0 Å². The first-order valence-corrected chi connectivity index (χ1v) is 7.83. The molecular weight excluding hydrogens is 292 g/mol. The van der Waals surface area contributed by atoms with Crippen molar-refractivity contribution < 1.29 is 14.7 Å². The van der Waals surface area contributed by atoms with E-state index in [9.17, 15) is 9.59 Å². The number of thiazole rings is 1. The molecule has 21 heavy (non-hydrogen) atoms. The molecule has 116 valence electrons. The number of aromatic nitrogens is 1. The zero-order chi connectivity index (χ0) is 15.2. The Morgan fingerprint density at radius 2 is 2.19 bits per heavy atom. The van der Waals surface area contributed by atoms with E-state index in [0.717, 1.165) is 37.6 Å². The van der Waals surface area contributed by atoms with Crippen LogP contribution in [0.25, 0.3) is 0 Å². The van der Waals surface area contributed by atoms with E-state index >= 15 is 0 Å². The Bertz CT molecular complexity index is 505. The molecule has 1 aliphatic heterocycles. The van der Waals surface area contributed by atoms with Gasteiger partial charge in [0.15, 0.2) is 5.69 Å². The molecule has 0 unspecified atom stereocenters. The molecule has 1 aromatic rings. The van der Waals surface area contributed by atoms with Crippen molar-refractivity contribution in [3.63, 3.8) is 0 Å². The number of aromatic carboxylic acids is 1. The van der Waals surface area contributed by atoms with E-state index < -0.39 is 5.97 Å². The Kier molecular flexibility index (Phi) is 5.51. The van der Waals surface area contributed by atoms with Crippen molar-refractivity contribution in [3.05, 3.63) is 16.1 Å². The van der Waals surface area contributed by atoms with E-state index in [4.69, 9.17) is 5.11 Å². The Balaban J connectivity index is 1.74. The summed E-state index contributed by atoms with van der Waals surface area (Å²) in [6.45, 7) is 3.89. The molecule has 1 fully saturated rings. The molecule has 0 saturated carbocycles. The smallest absolute Gasteiger partial charge is 0.355 e. The molecule has 2 N–H and O–H groups in total. The predicted octanol–water partition coefficient (Wildman–Crippen LogP) is 0.731. The van der Waals surface area contributed by atoms with Crippen molar-refractivity contribution >= 4 is 23.3 Å². The van der Waals surface area contributed by atoms with Gasteiger partial charge in [-0.1, -0.05) is 0 Å². The van der Waals surface area contributed by atoms with Crippen LogP contribution in [-0.4, -0.2) is 71.7 Å². The minimum atomic E-state index is -1.02. The number of carbonyl (C=O) groups excluding carboxylic acids is 1. The van der Waals surface area contributed by atoms with E-state index in [-0.39, 0.29) is 11.7 Å². The number of likely N-dealkylation sites (N-methyl/N-ethyl adjacent to an activating group) is 1. The second-order valence-corrected chi connectivity index (χ2v) is 6.00. The number of amides is 2. The Morgan fingerprint density at radius 3 is 2.90 bits per heavy atom. The lowest BCUT2D eigenvalue weighted by molar-refractivity contribution is 0.0691. The number of hydrogen-bond donors (Lipinski definition) is 2. The highest BCUT2D eigenvalue weighted by atomic mass is 32.1. The fraction of sp³-hybridized carbons (Fsp3) is 0.615. The lowest BCUT2D eigenvalue weighted by Gasteiger charge is -2.20. The summed E-state index contributed by atoms with van der Waals surface area (Å²) in [7, 11) is 2.06. The van der Waals surface area contributed by atoms with Crippen molar-refractivity contribution in [3.8, 4) is 0 Å². The van der Waals surface area contributed by atoms with Gasteiger partial charge in [0.25, 0.3) is 0 Å². The fourth-order valence-electron chi connectivity index (χ4n) is 2.16. The number of hydrogen-bond acceptors (Lipinski definition) is 5. The van der Waals surface area contributed by atoms with Crippen LogP contribution in [0.4, 0.5) is 4.79 Å². The quantitative estimate of drug-likeness (QED) is 0.856. The second-order valence-electron chi connectivity index (χ2n) is 5.06. The van der Waals surface area contributed by atoms with Crippen LogP contribution in [0.15, 0.2) is 5.38 Å². The number of rotatable bonds is 4. The maximum atomic E-state index is 12.0. The topological polar surface area (TPSA) is 85.8 Å². The van der Waals surface area contributed by atoms with Crippen LogP contribution in [-0.2, 0) is 6.42 Å². The van der Waals surface area contributed by atoms with Crippen LogP contribution >= 0.6 is 11.3 Å². The minimum absolute atomic E-state index is 0.0553. The van der Waals surface area contributed by atoms with Gasteiger partial charge < -0.3 is 20.2 Å². The van der Waals surface area contributed by atoms with Crippen molar-refractivity contribution in [2.24, 2.45) is 0 Å². The van der Waals surface area contributed by atoms with Crippen LogP contribution in [0.2, 0.25) is 0 Å². The van der Waals surface area contributed by atoms with Crippen molar-refractivity contribution in [2.75, 3.05) is 39.8 Å². The summed E-state index contributed by atoms with van der Waals surface area (Å²) >= 11 is 1.31. The van der Waals surface area contributed by atoms with Gasteiger partial charge in [0.05, 0.1) is 5.01 Å². The Morgan fingerprint density at radius 1 is 1.38 bits per heavy atom. The first-order valence-electron chi connectivity index (χ1n) is 6.95. The van der Waals surface area contributed by atoms with E-state index in [0.29, 0.717) is 13.0 Å². The maximum Gasteiger partial charge on any atom is 0.355 e. The van der Waals surface area contributed by atoms with Gasteiger partial charge in [0, 0.05) is 38.0 Å². The Hall–Kier alpha value is -1.67. The van der Waals surface area contributed by atoms with Gasteiger partial charge in [-0.05, 0) is 20.0 Å². The minimum Gasteiger partial charge on any atom is -0.476 e. The van der Waals surface area contributed by atoms with Crippen LogP contribution < -0.4 is 5.32 Å². The molecule has 0 radical (unpaired) electrons. The first-order chi connectivity index (χ1) is 10.1. The number of carboxylic acid groups (broad SMARTS) is 1. The zero-order valence-electron chi connectivity index (χ0n) is 12.0. The average Bonchev–Trinajstić information content (AvgIpc) is 2.81. The number of carboxylic acids is 1. The van der Waals surface area contributed by atoms with E-state index in [1.807, 2.05) is 4.90 Å². The summed E-state index contributed by atoms with van der Waals surface area (Å²) in [5.41, 5.74) is 0.0666. The summed E-state index contributed by atoms with van der Waals surface area (Å²) in [6.07, 6.45) is 1.54. The fourth-order valence-corrected chi connectivity index (χ4v) is 2.93. The van der Waals surface area contributed by atoms with Gasteiger partial charge in [0.2, 0.25) is 0 Å². The standard InChI is InChI=1S/C13H20N4O3S/c1-16-5-2-6-17(8-7-16)13(20)14-4-3-11-15-10(9-21-11)12(18)19/h9H,2-8H2,1H3,(H,14,20)(H,18,19). The predicted molar refractivity (Wildman–Crippen MR) is 79.9 cm³/mol. The molecule has 1 aromatic heterocycles. The molecule has 1 aliphatic rings. The van der Waals surface area contributed by atoms with Crippen LogP contribution in [0, 0.1) is 0 Å². The van der Waals surface area contributed by atoms with Gasteiger partial charge in [-0.25, -0.2) is 14.6 Å². The third kappa shape index (κ3) is 4.68. The molecule has 0 aromatic carbocycles. The van der Waals surface area contributed by atoms with Crippen LogP contribution in [0.3, 0.4) is 0 Å². The molecule has 1 saturated heterocycles. The highest BCUT2D eigenvalue weighted by Crippen LogP contribution is 2.10. The third-order valence-electron chi connectivity index (χ3n) is 3.39. The third-order valence-corrected chi connectivity index (χ3v) is 4.30. The number of urea groups is 1. The van der Waals surface area contributed by atoms with Crippen molar-refractivity contribution in [1.82, 2.24) is 20.1 Å². The molecular formula is C13H20N4O3S. The summed E-state index contributed by atoms with van der Waals surface area (Å²) in [6, 6.07) is -0.0553. The zero-order valence-corrected chi connectivity index (χ0v) is 12.9. The molecule has 0 atom stereocenters. The molecule has 7 nitrogen and oxygen atoms in total. The van der Waals surface area contributed by atoms with E-state index in [1.54, 1.807) is 0 Å². The maximum absolute atomic E-state index is 12.0. The number of nitrogens with zero attached hydrogens (tertiary/aromatic N) is 3. The van der Waals surface area contributed by atoms with E-state index in [2.05, 4.69) is 22.2 Å². The summed E-state index contributed by atoms with van der Waals surface area (Å²) in [5, 5.41) is 13.9. The first kappa shape index (κ1) is 15.7. The lowest BCUT2D eigenvalue weighted by atomic mass is 10.4. The average molecular weight is 312 g/mol. The van der Waals surface area contributed by atoms with E-state index in [1.165, 1.54) is 16.7 Å². The second kappa shape index (κ2) is 7.37. The molecule has 0 spiro atoms.